The Labute approximate surface area is 112 Å². The van der Waals surface area contributed by atoms with Gasteiger partial charge in [0.05, 0.1) is 17.7 Å². The van der Waals surface area contributed by atoms with Crippen molar-refractivity contribution in [3.05, 3.63) is 30.5 Å². The Morgan fingerprint density at radius 1 is 1.26 bits per heavy atom. The summed E-state index contributed by atoms with van der Waals surface area (Å²) >= 11 is 0. The molecule has 0 spiro atoms. The average Bonchev–Trinajstić information content (AvgIpc) is 2.38. The van der Waals surface area contributed by atoms with Gasteiger partial charge in [-0.1, -0.05) is 24.3 Å². The molecule has 0 bridgehead atoms. The minimum atomic E-state index is -2.92. The van der Waals surface area contributed by atoms with Crippen molar-refractivity contribution in [3.8, 4) is 0 Å². The quantitative estimate of drug-likeness (QED) is 0.903. The Morgan fingerprint density at radius 3 is 2.95 bits per heavy atom. The van der Waals surface area contributed by atoms with Crippen LogP contribution in [0.15, 0.2) is 30.5 Å². The van der Waals surface area contributed by atoms with E-state index in [0.717, 1.165) is 17.2 Å². The lowest BCUT2D eigenvalue weighted by molar-refractivity contribution is 0.561. The lowest BCUT2D eigenvalue weighted by atomic mass is 10.1. The van der Waals surface area contributed by atoms with Crippen LogP contribution in [-0.4, -0.2) is 36.2 Å². The van der Waals surface area contributed by atoms with Crippen LogP contribution in [0.2, 0.25) is 0 Å². The summed E-state index contributed by atoms with van der Waals surface area (Å²) in [5, 5.41) is 13.2. The molecule has 1 unspecified atom stereocenters. The molecule has 0 radical (unpaired) electrons. The average molecular weight is 277 g/mol. The maximum Gasteiger partial charge on any atom is 0.156 e. The van der Waals surface area contributed by atoms with Crippen LogP contribution in [0.5, 0.6) is 0 Å². The Bertz CT molecular complexity index is 695. The van der Waals surface area contributed by atoms with Crippen LogP contribution in [0.4, 0.5) is 5.82 Å². The topological polar surface area (TPSA) is 72.0 Å². The highest BCUT2D eigenvalue weighted by molar-refractivity contribution is 7.91. The van der Waals surface area contributed by atoms with Gasteiger partial charge in [0.1, 0.15) is 0 Å². The molecule has 100 valence electrons. The third kappa shape index (κ3) is 2.68. The second-order valence-electron chi connectivity index (χ2n) is 4.88. The van der Waals surface area contributed by atoms with Gasteiger partial charge >= 0.3 is 0 Å². The van der Waals surface area contributed by atoms with E-state index in [1.165, 1.54) is 0 Å². The van der Waals surface area contributed by atoms with E-state index >= 15 is 0 Å². The predicted molar refractivity (Wildman–Crippen MR) is 74.8 cm³/mol. The fourth-order valence-electron chi connectivity index (χ4n) is 2.46. The maximum absolute atomic E-state index is 11.6. The van der Waals surface area contributed by atoms with Crippen molar-refractivity contribution >= 4 is 26.4 Å². The van der Waals surface area contributed by atoms with Crippen molar-refractivity contribution in [2.45, 2.75) is 18.9 Å². The zero-order valence-electron chi connectivity index (χ0n) is 10.4. The molecule has 1 fully saturated rings. The first-order chi connectivity index (χ1) is 9.14. The van der Waals surface area contributed by atoms with Crippen LogP contribution in [0.25, 0.3) is 10.8 Å². The number of nitrogens with one attached hydrogen (secondary N) is 1. The van der Waals surface area contributed by atoms with Gasteiger partial charge in [-0.05, 0) is 12.8 Å². The van der Waals surface area contributed by atoms with E-state index < -0.39 is 9.84 Å². The minimum absolute atomic E-state index is 0.0705. The van der Waals surface area contributed by atoms with Gasteiger partial charge in [0.25, 0.3) is 0 Å². The molecule has 0 amide bonds. The molecule has 6 heteroatoms. The lowest BCUT2D eigenvalue weighted by Crippen LogP contribution is -2.35. The fourth-order valence-corrected chi connectivity index (χ4v) is 4.10. The summed E-state index contributed by atoms with van der Waals surface area (Å²) in [6.07, 6.45) is 3.26. The number of aromatic nitrogens is 2. The summed E-state index contributed by atoms with van der Waals surface area (Å²) in [4.78, 5) is 0. The summed E-state index contributed by atoms with van der Waals surface area (Å²) in [5.74, 6) is 1.14. The molecule has 1 aliphatic heterocycles. The van der Waals surface area contributed by atoms with Gasteiger partial charge in [0.2, 0.25) is 0 Å². The number of sulfone groups is 1. The van der Waals surface area contributed by atoms with Gasteiger partial charge < -0.3 is 5.32 Å². The van der Waals surface area contributed by atoms with E-state index in [-0.39, 0.29) is 11.8 Å². The first-order valence-corrected chi connectivity index (χ1v) is 8.14. The third-order valence-electron chi connectivity index (χ3n) is 3.37. The number of benzene rings is 1. The van der Waals surface area contributed by atoms with Gasteiger partial charge in [-0.15, -0.1) is 5.10 Å². The molecule has 1 aromatic carbocycles. The van der Waals surface area contributed by atoms with E-state index in [2.05, 4.69) is 15.5 Å². The van der Waals surface area contributed by atoms with E-state index in [0.29, 0.717) is 18.0 Å². The Kier molecular flexibility index (Phi) is 3.10. The molecule has 1 aliphatic rings. The zero-order chi connectivity index (χ0) is 13.3. The van der Waals surface area contributed by atoms with Gasteiger partial charge in [0, 0.05) is 16.8 Å². The van der Waals surface area contributed by atoms with Crippen molar-refractivity contribution in [2.24, 2.45) is 0 Å². The number of hydrogen-bond donors (Lipinski definition) is 1. The summed E-state index contributed by atoms with van der Waals surface area (Å²) in [6.45, 7) is 0. The SMILES string of the molecule is O=S1(=O)CCCC(Nc2nncc3ccccc23)C1. The number of hydrogen-bond acceptors (Lipinski definition) is 5. The molecule has 5 nitrogen and oxygen atoms in total. The second-order valence-corrected chi connectivity index (χ2v) is 7.11. The summed E-state index contributed by atoms with van der Waals surface area (Å²) in [7, 11) is -2.92. The molecular formula is C13H15N3O2S. The van der Waals surface area contributed by atoms with Crippen molar-refractivity contribution in [1.82, 2.24) is 10.2 Å². The van der Waals surface area contributed by atoms with Crippen molar-refractivity contribution in [3.63, 3.8) is 0 Å². The van der Waals surface area contributed by atoms with Crippen molar-refractivity contribution in [2.75, 3.05) is 16.8 Å². The lowest BCUT2D eigenvalue weighted by Gasteiger charge is -2.23. The Balaban J connectivity index is 1.89. The highest BCUT2D eigenvalue weighted by Gasteiger charge is 2.25. The van der Waals surface area contributed by atoms with Crippen LogP contribution in [0, 0.1) is 0 Å². The molecule has 1 atom stereocenters. The molecule has 2 heterocycles. The highest BCUT2D eigenvalue weighted by atomic mass is 32.2. The van der Waals surface area contributed by atoms with Crippen LogP contribution >= 0.6 is 0 Å². The van der Waals surface area contributed by atoms with Crippen LogP contribution in [-0.2, 0) is 9.84 Å². The fraction of sp³-hybridized carbons (Fsp3) is 0.385. The highest BCUT2D eigenvalue weighted by Crippen LogP contribution is 2.22. The van der Waals surface area contributed by atoms with Gasteiger partial charge in [-0.2, -0.15) is 5.10 Å². The first-order valence-electron chi connectivity index (χ1n) is 6.31. The Morgan fingerprint density at radius 2 is 2.11 bits per heavy atom. The second kappa shape index (κ2) is 4.77. The van der Waals surface area contributed by atoms with Gasteiger partial charge in [0.15, 0.2) is 15.7 Å². The molecular weight excluding hydrogens is 262 g/mol. The largest absolute Gasteiger partial charge is 0.364 e. The van der Waals surface area contributed by atoms with Gasteiger partial charge in [-0.3, -0.25) is 0 Å². The van der Waals surface area contributed by atoms with Crippen LogP contribution in [0.1, 0.15) is 12.8 Å². The predicted octanol–water partition coefficient (Wildman–Crippen LogP) is 1.62. The third-order valence-corrected chi connectivity index (χ3v) is 5.20. The molecule has 1 saturated heterocycles. The van der Waals surface area contributed by atoms with E-state index in [1.807, 2.05) is 24.3 Å². The molecule has 2 aromatic rings. The molecule has 0 aliphatic carbocycles. The van der Waals surface area contributed by atoms with Crippen LogP contribution in [0.3, 0.4) is 0 Å². The summed E-state index contributed by atoms with van der Waals surface area (Å²) < 4.78 is 23.3. The maximum atomic E-state index is 11.6. The molecule has 3 rings (SSSR count). The smallest absolute Gasteiger partial charge is 0.156 e. The summed E-state index contributed by atoms with van der Waals surface area (Å²) in [6, 6.07) is 7.74. The molecule has 1 N–H and O–H groups in total. The number of fused-ring (bicyclic) bond motifs is 1. The summed E-state index contributed by atoms with van der Waals surface area (Å²) in [5.41, 5.74) is 0. The molecule has 1 aromatic heterocycles. The molecule has 19 heavy (non-hydrogen) atoms. The normalized spacial score (nSPS) is 22.2. The van der Waals surface area contributed by atoms with E-state index in [1.54, 1.807) is 6.20 Å². The number of anilines is 1. The monoisotopic (exact) mass is 277 g/mol. The Hall–Kier alpha value is -1.69. The standard InChI is InChI=1S/C13H15N3O2S/c17-19(18)7-3-5-11(9-19)15-13-12-6-2-1-4-10(12)8-14-16-13/h1-2,4,6,8,11H,3,5,7,9H2,(H,15,16). The van der Waals surface area contributed by atoms with Gasteiger partial charge in [-0.25, -0.2) is 8.42 Å². The van der Waals surface area contributed by atoms with Crippen molar-refractivity contribution < 1.29 is 8.42 Å². The molecule has 0 saturated carbocycles. The van der Waals surface area contributed by atoms with E-state index in [4.69, 9.17) is 0 Å². The van der Waals surface area contributed by atoms with Crippen LogP contribution < -0.4 is 5.32 Å². The number of rotatable bonds is 2. The van der Waals surface area contributed by atoms with Crippen molar-refractivity contribution in [1.29, 1.82) is 0 Å². The van der Waals surface area contributed by atoms with E-state index in [9.17, 15) is 8.42 Å². The number of nitrogens with zero attached hydrogens (tertiary/aromatic N) is 2. The first kappa shape index (κ1) is 12.3. The zero-order valence-corrected chi connectivity index (χ0v) is 11.2. The minimum Gasteiger partial charge on any atom is -0.364 e.